The number of hydrogen-bond acceptors (Lipinski definition) is 3. The Bertz CT molecular complexity index is 4160. The zero-order valence-electron chi connectivity index (χ0n) is 42.6. The second-order valence-electron chi connectivity index (χ2n) is 22.8. The van der Waals surface area contributed by atoms with Crippen LogP contribution in [-0.2, 0) is 16.2 Å². The quantitative estimate of drug-likeness (QED) is 0.176. The number of nitrogens with zero attached hydrogens (tertiary/aromatic N) is 1. The minimum absolute atomic E-state index is 0.226. The molecule has 0 bridgehead atoms. The number of hydrogen-bond donors (Lipinski definition) is 0. The van der Waals surface area contributed by atoms with Crippen LogP contribution in [0.1, 0.15) is 103 Å². The van der Waals surface area contributed by atoms with E-state index in [-0.39, 0.29) is 16.2 Å². The normalized spacial score (nSPS) is 15.3. The van der Waals surface area contributed by atoms with Gasteiger partial charge in [-0.25, -0.2) is 0 Å². The van der Waals surface area contributed by atoms with Crippen molar-refractivity contribution in [2.24, 2.45) is 0 Å². The van der Waals surface area contributed by atoms with Crippen molar-refractivity contribution in [2.75, 3.05) is 4.90 Å². The molecular weight excluding hydrogens is 863 g/mol. The first-order valence-electron chi connectivity index (χ1n) is 25.4. The van der Waals surface area contributed by atoms with Crippen molar-refractivity contribution < 1.29 is 8.83 Å². The summed E-state index contributed by atoms with van der Waals surface area (Å²) in [5, 5.41) is 4.76. The maximum Gasteiger partial charge on any atom is 0.144 e. The molecule has 0 saturated heterocycles. The third-order valence-electron chi connectivity index (χ3n) is 17.1. The van der Waals surface area contributed by atoms with E-state index in [0.717, 1.165) is 44.7 Å². The second-order valence-corrected chi connectivity index (χ2v) is 22.8. The van der Waals surface area contributed by atoms with E-state index >= 15 is 0 Å². The lowest BCUT2D eigenvalue weighted by atomic mass is 9.72. The highest BCUT2D eigenvalue weighted by Crippen LogP contribution is 2.64. The van der Waals surface area contributed by atoms with Gasteiger partial charge in [-0.1, -0.05) is 161 Å². The predicted molar refractivity (Wildman–Crippen MR) is 297 cm³/mol. The number of benzene rings is 9. The maximum atomic E-state index is 7.01. The van der Waals surface area contributed by atoms with Gasteiger partial charge in [0.1, 0.15) is 22.3 Å². The lowest BCUT2D eigenvalue weighted by Gasteiger charge is -2.33. The first-order chi connectivity index (χ1) is 34.0. The summed E-state index contributed by atoms with van der Waals surface area (Å²) >= 11 is 0. The Morgan fingerprint density at radius 1 is 0.380 bits per heavy atom. The van der Waals surface area contributed by atoms with Crippen molar-refractivity contribution in [3.8, 4) is 44.5 Å². The average molecular weight is 920 g/mol. The first-order valence-corrected chi connectivity index (χ1v) is 25.4. The summed E-state index contributed by atoms with van der Waals surface area (Å²) in [5.41, 5.74) is 31.0. The van der Waals surface area contributed by atoms with Gasteiger partial charge in [0.05, 0.1) is 5.69 Å². The van der Waals surface area contributed by atoms with Crippen molar-refractivity contribution in [3.63, 3.8) is 0 Å². The van der Waals surface area contributed by atoms with E-state index in [2.05, 4.69) is 227 Å². The molecule has 0 aliphatic heterocycles. The van der Waals surface area contributed by atoms with Crippen LogP contribution in [0.2, 0.25) is 0 Å². The number of para-hydroxylation sites is 2. The molecule has 3 aliphatic carbocycles. The van der Waals surface area contributed by atoms with Crippen molar-refractivity contribution in [3.05, 3.63) is 207 Å². The number of furan rings is 2. The molecule has 3 nitrogen and oxygen atoms in total. The largest absolute Gasteiger partial charge is 0.455 e. The molecule has 0 fully saturated rings. The summed E-state index contributed by atoms with van der Waals surface area (Å²) in [6.45, 7) is 25.7. The van der Waals surface area contributed by atoms with Gasteiger partial charge < -0.3 is 13.7 Å². The molecule has 9 aromatic carbocycles. The summed E-state index contributed by atoms with van der Waals surface area (Å²) in [4.78, 5) is 2.56. The number of aryl methyl sites for hydroxylation is 5. The van der Waals surface area contributed by atoms with Crippen LogP contribution in [0.4, 0.5) is 17.1 Å². The SMILES string of the molecule is Cc1cc(C)cc(-c2cc3c(c4c2oc2ccccc24)-c2ccc(N(c4ccc5c(c4)C(C)(C)c4c6c(c7oc8ccccc8c7c4-5)-c4ccccc4C6(C)C)c4c(C)cc(C)cc4C)cc2C3(C)C)c1. The maximum absolute atomic E-state index is 7.01. The molecule has 0 radical (unpaired) electrons. The van der Waals surface area contributed by atoms with Crippen LogP contribution >= 0.6 is 0 Å². The van der Waals surface area contributed by atoms with E-state index in [0.29, 0.717) is 0 Å². The van der Waals surface area contributed by atoms with Crippen LogP contribution < -0.4 is 4.90 Å². The molecule has 346 valence electrons. The molecule has 2 aromatic heterocycles. The molecule has 0 amide bonds. The molecule has 2 heterocycles. The lowest BCUT2D eigenvalue weighted by molar-refractivity contribution is 0.600. The van der Waals surface area contributed by atoms with Crippen LogP contribution in [0.5, 0.6) is 0 Å². The van der Waals surface area contributed by atoms with Crippen molar-refractivity contribution in [2.45, 2.75) is 92.4 Å². The van der Waals surface area contributed by atoms with Crippen LogP contribution in [0.3, 0.4) is 0 Å². The first kappa shape index (κ1) is 42.3. The monoisotopic (exact) mass is 919 g/mol. The molecule has 0 N–H and O–H groups in total. The summed E-state index contributed by atoms with van der Waals surface area (Å²) < 4.78 is 13.9. The Kier molecular flexibility index (Phi) is 8.36. The summed E-state index contributed by atoms with van der Waals surface area (Å²) in [5.74, 6) is 0. The highest BCUT2D eigenvalue weighted by molar-refractivity contribution is 6.21. The molecule has 11 aromatic rings. The lowest BCUT2D eigenvalue weighted by Crippen LogP contribution is -2.24. The van der Waals surface area contributed by atoms with Crippen LogP contribution in [0.15, 0.2) is 154 Å². The van der Waals surface area contributed by atoms with E-state index < -0.39 is 0 Å². The van der Waals surface area contributed by atoms with Gasteiger partial charge >= 0.3 is 0 Å². The van der Waals surface area contributed by atoms with Crippen molar-refractivity contribution in [1.82, 2.24) is 0 Å². The minimum atomic E-state index is -0.326. The Hall–Kier alpha value is -7.62. The van der Waals surface area contributed by atoms with E-state index in [4.69, 9.17) is 8.83 Å². The topological polar surface area (TPSA) is 29.5 Å². The van der Waals surface area contributed by atoms with Crippen molar-refractivity contribution in [1.29, 1.82) is 0 Å². The van der Waals surface area contributed by atoms with Gasteiger partial charge in [0.2, 0.25) is 0 Å². The fraction of sp³-hybridized carbons (Fsp3) is 0.206. The molecular formula is C68H57NO2. The fourth-order valence-corrected chi connectivity index (χ4v) is 14.2. The second kappa shape index (κ2) is 14.0. The van der Waals surface area contributed by atoms with Gasteiger partial charge in [0.15, 0.2) is 0 Å². The van der Waals surface area contributed by atoms with Crippen molar-refractivity contribution >= 4 is 60.9 Å². The standard InChI is InChI=1S/C68H57NO2/c1-36-28-37(2)32-41(31-36)49-35-53-56(58-47-19-13-16-22-54(47)70-64(49)58)45-26-24-42(33-51(45)66(53,6)7)69(63-39(4)29-38(3)30-40(63)5)43-25-27-46-52(34-43)68(10,11)61-57(46)59-48-20-14-17-23-55(48)71-65(59)60-44-18-12-15-21-50(44)67(8,9)62(60)61/h12-35H,1-11H3. The molecule has 0 atom stereocenters. The molecule has 0 spiro atoms. The fourth-order valence-electron chi connectivity index (χ4n) is 14.2. The number of fused-ring (bicyclic) bond motifs is 19. The van der Waals surface area contributed by atoms with Gasteiger partial charge in [-0.2, -0.15) is 0 Å². The Morgan fingerprint density at radius 3 is 1.52 bits per heavy atom. The van der Waals surface area contributed by atoms with Crippen LogP contribution in [-0.4, -0.2) is 0 Å². The number of anilines is 3. The van der Waals surface area contributed by atoms with E-state index in [1.807, 2.05) is 0 Å². The third kappa shape index (κ3) is 5.50. The van der Waals surface area contributed by atoms with E-state index in [1.54, 1.807) is 0 Å². The molecule has 14 rings (SSSR count). The smallest absolute Gasteiger partial charge is 0.144 e. The zero-order chi connectivity index (χ0) is 48.8. The average Bonchev–Trinajstić information content (AvgIpc) is 4.09. The molecule has 3 aliphatic rings. The summed E-state index contributed by atoms with van der Waals surface area (Å²) in [7, 11) is 0. The minimum Gasteiger partial charge on any atom is -0.455 e. The molecule has 71 heavy (non-hydrogen) atoms. The predicted octanol–water partition coefficient (Wildman–Crippen LogP) is 19.1. The summed E-state index contributed by atoms with van der Waals surface area (Å²) in [6, 6.07) is 54.8. The highest BCUT2D eigenvalue weighted by Gasteiger charge is 2.49. The summed E-state index contributed by atoms with van der Waals surface area (Å²) in [6.07, 6.45) is 0. The Balaban J connectivity index is 1.00. The van der Waals surface area contributed by atoms with Gasteiger partial charge in [0, 0.05) is 60.3 Å². The number of rotatable bonds is 4. The van der Waals surface area contributed by atoms with E-state index in [9.17, 15) is 0 Å². The Morgan fingerprint density at radius 2 is 0.873 bits per heavy atom. The molecule has 3 heteroatoms. The molecule has 0 unspecified atom stereocenters. The Labute approximate surface area is 416 Å². The van der Waals surface area contributed by atoms with Crippen LogP contribution in [0.25, 0.3) is 88.4 Å². The van der Waals surface area contributed by atoms with Gasteiger partial charge in [-0.15, -0.1) is 0 Å². The highest BCUT2D eigenvalue weighted by atomic mass is 16.3. The zero-order valence-corrected chi connectivity index (χ0v) is 42.6. The third-order valence-corrected chi connectivity index (χ3v) is 17.1. The van der Waals surface area contributed by atoms with Crippen LogP contribution in [0, 0.1) is 34.6 Å². The van der Waals surface area contributed by atoms with E-state index in [1.165, 1.54) is 122 Å². The van der Waals surface area contributed by atoms with Gasteiger partial charge in [-0.05, 0) is 155 Å². The molecule has 0 saturated carbocycles. The van der Waals surface area contributed by atoms with Gasteiger partial charge in [-0.3, -0.25) is 0 Å². The van der Waals surface area contributed by atoms with Gasteiger partial charge in [0.25, 0.3) is 0 Å².